The van der Waals surface area contributed by atoms with Crippen LogP contribution in [0.5, 0.6) is 0 Å². The molecule has 0 aliphatic heterocycles. The molecule has 0 aromatic carbocycles. The summed E-state index contributed by atoms with van der Waals surface area (Å²) in [6.07, 6.45) is 2.53. The Hall–Kier alpha value is -0.883. The van der Waals surface area contributed by atoms with Crippen molar-refractivity contribution in [3.8, 4) is 0 Å². The molecule has 1 aliphatic carbocycles. The normalized spacial score (nSPS) is 26.4. The molecule has 1 saturated carbocycles. The predicted octanol–water partition coefficient (Wildman–Crippen LogP) is 3.02. The van der Waals surface area contributed by atoms with Crippen molar-refractivity contribution in [3.05, 3.63) is 0 Å². The summed E-state index contributed by atoms with van der Waals surface area (Å²) < 4.78 is 10.7. The van der Waals surface area contributed by atoms with Crippen LogP contribution >= 0.6 is 0 Å². The van der Waals surface area contributed by atoms with E-state index >= 15 is 0 Å². The van der Waals surface area contributed by atoms with Gasteiger partial charge in [-0.25, -0.2) is 0 Å². The average Bonchev–Trinajstić information content (AvgIpc) is 2.23. The Bertz CT molecular complexity index is 389. The fourth-order valence-corrected chi connectivity index (χ4v) is 3.91. The third kappa shape index (κ3) is 5.72. The highest BCUT2D eigenvalue weighted by Gasteiger charge is 2.42. The molecule has 0 aromatic heterocycles. The van der Waals surface area contributed by atoms with E-state index in [0.717, 1.165) is 19.3 Å². The summed E-state index contributed by atoms with van der Waals surface area (Å²) in [4.78, 5) is 32.9. The van der Waals surface area contributed by atoms with Crippen molar-refractivity contribution in [3.63, 3.8) is 0 Å². The summed E-state index contributed by atoms with van der Waals surface area (Å²) >= 11 is 0. The molecule has 3 atom stereocenters. The molecule has 6 heteroatoms. The van der Waals surface area contributed by atoms with Crippen LogP contribution in [0.1, 0.15) is 53.4 Å². The fraction of sp³-hybridized carbons (Fsp3) is 0.875. The first-order valence-electron chi connectivity index (χ1n) is 7.97. The lowest BCUT2D eigenvalue weighted by atomic mass is 9.80. The molecule has 0 radical (unpaired) electrons. The van der Waals surface area contributed by atoms with E-state index in [1.165, 1.54) is 13.8 Å². The molecule has 1 aliphatic rings. The van der Waals surface area contributed by atoms with Crippen molar-refractivity contribution in [1.82, 2.24) is 0 Å². The van der Waals surface area contributed by atoms with Gasteiger partial charge in [0.25, 0.3) is 0 Å². The zero-order chi connectivity index (χ0) is 17.1. The van der Waals surface area contributed by atoms with Crippen molar-refractivity contribution in [2.24, 2.45) is 5.92 Å². The molecule has 0 saturated heterocycles. The van der Waals surface area contributed by atoms with Crippen LogP contribution in [0.4, 0.5) is 0 Å². The van der Waals surface area contributed by atoms with Crippen LogP contribution in [-0.2, 0) is 19.1 Å². The summed E-state index contributed by atoms with van der Waals surface area (Å²) in [7, 11) is -2.29. The average molecular weight is 330 g/mol. The molecule has 0 heterocycles. The van der Waals surface area contributed by atoms with Gasteiger partial charge in [0.1, 0.15) is 12.2 Å². The largest absolute Gasteiger partial charge is 0.462 e. The van der Waals surface area contributed by atoms with E-state index in [1.54, 1.807) is 0 Å². The van der Waals surface area contributed by atoms with Gasteiger partial charge in [-0.3, -0.25) is 9.59 Å². The third-order valence-corrected chi connectivity index (χ3v) is 8.36. The van der Waals surface area contributed by atoms with E-state index < -0.39 is 8.32 Å². The highest BCUT2D eigenvalue weighted by Crippen LogP contribution is 2.45. The number of hydrogen-bond acceptors (Lipinski definition) is 5. The lowest BCUT2D eigenvalue weighted by Gasteiger charge is -2.41. The molecule has 1 rings (SSSR count). The minimum atomic E-state index is -2.29. The van der Waals surface area contributed by atoms with Crippen molar-refractivity contribution < 1.29 is 23.9 Å². The maximum Gasteiger partial charge on any atom is 0.302 e. The Morgan fingerprint density at radius 1 is 1.05 bits per heavy atom. The summed E-state index contributed by atoms with van der Waals surface area (Å²) in [5, 5.41) is -0.142. The van der Waals surface area contributed by atoms with Gasteiger partial charge in [-0.15, -0.1) is 0 Å². The van der Waals surface area contributed by atoms with Crippen molar-refractivity contribution in [2.75, 3.05) is 0 Å². The third-order valence-electron chi connectivity index (χ3n) is 4.84. The van der Waals surface area contributed by atoms with Crippen molar-refractivity contribution in [2.45, 2.75) is 83.7 Å². The number of ether oxygens (including phenoxy) is 2. The highest BCUT2D eigenvalue weighted by molar-refractivity contribution is 6.72. The minimum Gasteiger partial charge on any atom is -0.462 e. The zero-order valence-corrected chi connectivity index (χ0v) is 15.6. The van der Waals surface area contributed by atoms with E-state index in [1.807, 2.05) is 13.1 Å². The second-order valence-electron chi connectivity index (χ2n) is 7.68. The monoisotopic (exact) mass is 330 g/mol. The summed E-state index contributed by atoms with van der Waals surface area (Å²) in [5.41, 5.74) is 0. The first-order valence-corrected chi connectivity index (χ1v) is 10.9. The van der Waals surface area contributed by atoms with Crippen LogP contribution in [0.25, 0.3) is 0 Å². The molecule has 0 spiro atoms. The van der Waals surface area contributed by atoms with E-state index in [-0.39, 0.29) is 35.1 Å². The Morgan fingerprint density at radius 2 is 1.45 bits per heavy atom. The maximum atomic E-state index is 11.2. The van der Waals surface area contributed by atoms with Gasteiger partial charge >= 0.3 is 11.9 Å². The lowest BCUT2D eigenvalue weighted by Crippen LogP contribution is -2.42. The second kappa shape index (κ2) is 7.13. The highest BCUT2D eigenvalue weighted by atomic mass is 28.4. The van der Waals surface area contributed by atoms with Gasteiger partial charge in [-0.2, -0.15) is 0 Å². The molecule has 0 amide bonds. The van der Waals surface area contributed by atoms with Gasteiger partial charge in [0, 0.05) is 20.3 Å². The molecular weight excluding hydrogens is 300 g/mol. The van der Waals surface area contributed by atoms with Crippen LogP contribution in [0.15, 0.2) is 0 Å². The molecule has 1 fully saturated rings. The SMILES string of the molecule is CC(=O)O[C@@H]1CC(CC(C)(C)[Si](C)(C)O)C[C@H](OC(C)=O)C1. The summed E-state index contributed by atoms with van der Waals surface area (Å²) in [6, 6.07) is 0. The molecule has 128 valence electrons. The smallest absolute Gasteiger partial charge is 0.302 e. The zero-order valence-electron chi connectivity index (χ0n) is 14.6. The second-order valence-corrected chi connectivity index (χ2v) is 12.2. The Kier molecular flexibility index (Phi) is 6.21. The molecular formula is C16H30O5Si. The van der Waals surface area contributed by atoms with Gasteiger partial charge in [0.2, 0.25) is 0 Å². The number of hydrogen-bond donors (Lipinski definition) is 1. The number of carbonyl (C=O) groups is 2. The first-order chi connectivity index (χ1) is 9.90. The van der Waals surface area contributed by atoms with E-state index in [2.05, 4.69) is 13.8 Å². The van der Waals surface area contributed by atoms with Crippen LogP contribution in [0, 0.1) is 5.92 Å². The van der Waals surface area contributed by atoms with Gasteiger partial charge in [0.05, 0.1) is 0 Å². The number of esters is 2. The number of carbonyl (C=O) groups excluding carboxylic acids is 2. The van der Waals surface area contributed by atoms with Gasteiger partial charge in [-0.05, 0) is 43.3 Å². The molecule has 5 nitrogen and oxygen atoms in total. The molecule has 22 heavy (non-hydrogen) atoms. The van der Waals surface area contributed by atoms with E-state index in [9.17, 15) is 14.4 Å². The topological polar surface area (TPSA) is 72.8 Å². The summed E-state index contributed by atoms with van der Waals surface area (Å²) in [5.74, 6) is -0.330. The Morgan fingerprint density at radius 3 is 1.77 bits per heavy atom. The Balaban J connectivity index is 2.79. The molecule has 1 unspecified atom stereocenters. The minimum absolute atomic E-state index is 0.142. The molecule has 0 aromatic rings. The van der Waals surface area contributed by atoms with E-state index in [0.29, 0.717) is 6.42 Å². The fourth-order valence-electron chi connectivity index (χ4n) is 3.13. The van der Waals surface area contributed by atoms with Gasteiger partial charge in [0.15, 0.2) is 8.32 Å². The van der Waals surface area contributed by atoms with Gasteiger partial charge in [-0.1, -0.05) is 13.8 Å². The lowest BCUT2D eigenvalue weighted by molar-refractivity contribution is -0.158. The standard InChI is InChI=1S/C16H30O5Si/c1-11(17)20-14-7-13(8-15(9-14)21-12(2)18)10-16(3,4)22(5,6)19/h13-15,19H,7-10H2,1-6H3/t13?,14-,15+. The predicted molar refractivity (Wildman–Crippen MR) is 86.8 cm³/mol. The van der Waals surface area contributed by atoms with Crippen LogP contribution in [-0.4, -0.2) is 37.3 Å². The van der Waals surface area contributed by atoms with Crippen molar-refractivity contribution in [1.29, 1.82) is 0 Å². The molecule has 1 N–H and O–H groups in total. The number of rotatable bonds is 5. The first kappa shape index (κ1) is 19.2. The van der Waals surface area contributed by atoms with Crippen molar-refractivity contribution >= 4 is 20.3 Å². The quantitative estimate of drug-likeness (QED) is 0.619. The van der Waals surface area contributed by atoms with Gasteiger partial charge < -0.3 is 14.3 Å². The molecule has 0 bridgehead atoms. The summed E-state index contributed by atoms with van der Waals surface area (Å²) in [6.45, 7) is 10.9. The Labute approximate surface area is 134 Å². The van der Waals surface area contributed by atoms with Crippen LogP contribution in [0.3, 0.4) is 0 Å². The van der Waals surface area contributed by atoms with Crippen LogP contribution < -0.4 is 0 Å². The van der Waals surface area contributed by atoms with Crippen LogP contribution in [0.2, 0.25) is 18.1 Å². The maximum absolute atomic E-state index is 11.2. The van der Waals surface area contributed by atoms with E-state index in [4.69, 9.17) is 9.47 Å².